The van der Waals surface area contributed by atoms with E-state index in [4.69, 9.17) is 11.6 Å². The number of rotatable bonds is 4. The Kier molecular flexibility index (Phi) is 4.53. The topological polar surface area (TPSA) is 37.2 Å². The minimum atomic E-state index is 0.696. The molecule has 0 radical (unpaired) electrons. The molecule has 2 aromatic rings. The van der Waals surface area contributed by atoms with Crippen molar-refractivity contribution in [3.05, 3.63) is 47.3 Å². The normalized spacial score (nSPS) is 17.2. The zero-order chi connectivity index (χ0) is 14.7. The number of hydrogen-bond acceptors (Lipinski definition) is 4. The van der Waals surface area contributed by atoms with Crippen LogP contribution < -0.4 is 0 Å². The molecule has 0 amide bonds. The molecule has 0 N–H and O–H groups in total. The van der Waals surface area contributed by atoms with Gasteiger partial charge in [-0.2, -0.15) is 0 Å². The number of pyridine rings is 1. The molecule has 1 fully saturated rings. The summed E-state index contributed by atoms with van der Waals surface area (Å²) < 4.78 is 1.95. The van der Waals surface area contributed by atoms with Gasteiger partial charge in [0.25, 0.3) is 0 Å². The number of hydrogen-bond donors (Lipinski definition) is 0. The van der Waals surface area contributed by atoms with Crippen molar-refractivity contribution >= 4 is 11.6 Å². The molecular weight excluding hydrogens is 286 g/mol. The predicted octanol–water partition coefficient (Wildman–Crippen LogP) is 1.79. The van der Waals surface area contributed by atoms with E-state index in [-0.39, 0.29) is 0 Å². The molecule has 0 spiro atoms. The third-order valence-corrected chi connectivity index (χ3v) is 4.36. The van der Waals surface area contributed by atoms with Gasteiger partial charge < -0.3 is 4.57 Å². The number of halogens is 1. The van der Waals surface area contributed by atoms with Crippen molar-refractivity contribution in [2.24, 2.45) is 7.05 Å². The van der Waals surface area contributed by atoms with E-state index in [0.717, 1.165) is 45.1 Å². The molecule has 0 atom stereocenters. The first-order valence-corrected chi connectivity index (χ1v) is 7.60. The van der Waals surface area contributed by atoms with Gasteiger partial charge in [-0.05, 0) is 17.7 Å². The van der Waals surface area contributed by atoms with Crippen LogP contribution >= 0.6 is 11.6 Å². The first kappa shape index (κ1) is 14.5. The van der Waals surface area contributed by atoms with E-state index in [1.165, 1.54) is 5.56 Å². The molecule has 0 aliphatic carbocycles. The van der Waals surface area contributed by atoms with E-state index in [9.17, 15) is 0 Å². The van der Waals surface area contributed by atoms with Gasteiger partial charge in [-0.1, -0.05) is 11.6 Å². The fourth-order valence-electron chi connectivity index (χ4n) is 2.62. The lowest BCUT2D eigenvalue weighted by molar-refractivity contribution is 0.119. The Morgan fingerprint density at radius 1 is 1.05 bits per heavy atom. The van der Waals surface area contributed by atoms with Crippen LogP contribution in [0.1, 0.15) is 11.4 Å². The summed E-state index contributed by atoms with van der Waals surface area (Å²) in [5, 5.41) is 0.696. The van der Waals surface area contributed by atoms with Crippen LogP contribution in [0.2, 0.25) is 5.15 Å². The van der Waals surface area contributed by atoms with Crippen LogP contribution in [0.5, 0.6) is 0 Å². The summed E-state index contributed by atoms with van der Waals surface area (Å²) in [5.74, 6) is 1.03. The van der Waals surface area contributed by atoms with Crippen molar-refractivity contribution in [2.45, 2.75) is 13.1 Å². The van der Waals surface area contributed by atoms with E-state index in [1.54, 1.807) is 6.20 Å². The van der Waals surface area contributed by atoms with Crippen molar-refractivity contribution in [1.82, 2.24) is 24.3 Å². The van der Waals surface area contributed by atoms with Gasteiger partial charge in [0.1, 0.15) is 11.0 Å². The van der Waals surface area contributed by atoms with Crippen molar-refractivity contribution in [3.63, 3.8) is 0 Å². The summed E-state index contributed by atoms with van der Waals surface area (Å²) in [4.78, 5) is 13.3. The lowest BCUT2D eigenvalue weighted by Gasteiger charge is -2.34. The molecule has 6 heteroatoms. The molecule has 112 valence electrons. The molecule has 5 nitrogen and oxygen atoms in total. The summed E-state index contributed by atoms with van der Waals surface area (Å²) in [5.41, 5.74) is 1.33. The Labute approximate surface area is 130 Å². The minimum absolute atomic E-state index is 0.696. The molecule has 0 saturated carbocycles. The number of imidazole rings is 1. The second-order valence-corrected chi connectivity index (χ2v) is 5.85. The maximum Gasteiger partial charge on any atom is 0.128 e. The molecule has 3 heterocycles. The fourth-order valence-corrected chi connectivity index (χ4v) is 2.77. The van der Waals surface area contributed by atoms with Gasteiger partial charge in [0, 0.05) is 52.2 Å². The molecule has 1 saturated heterocycles. The summed E-state index contributed by atoms with van der Waals surface area (Å²) >= 11 is 6.03. The highest BCUT2D eigenvalue weighted by Crippen LogP contribution is 2.13. The molecule has 0 unspecified atom stereocenters. The summed E-state index contributed by atoms with van der Waals surface area (Å²) in [7, 11) is 1.96. The fraction of sp³-hybridized carbons (Fsp3) is 0.467. The molecular formula is C15H20ClN5. The van der Waals surface area contributed by atoms with Crippen LogP contribution in [0.15, 0.2) is 30.7 Å². The van der Waals surface area contributed by atoms with Gasteiger partial charge >= 0.3 is 0 Å². The van der Waals surface area contributed by atoms with E-state index >= 15 is 0 Å². The zero-order valence-corrected chi connectivity index (χ0v) is 13.0. The van der Waals surface area contributed by atoms with Crippen molar-refractivity contribution < 1.29 is 0 Å². The highest BCUT2D eigenvalue weighted by molar-refractivity contribution is 6.29. The standard InChI is InChI=1S/C15H20ClN5/c1-19-14(16)10-18-15(19)12-21-8-6-20(7-9-21)11-13-2-4-17-5-3-13/h2-5,10H,6-9,11-12H2,1H3. The van der Waals surface area contributed by atoms with Crippen LogP contribution in [0.25, 0.3) is 0 Å². The summed E-state index contributed by atoms with van der Waals surface area (Å²) in [6.45, 7) is 6.17. The average molecular weight is 306 g/mol. The van der Waals surface area contributed by atoms with Gasteiger partial charge in [0.2, 0.25) is 0 Å². The van der Waals surface area contributed by atoms with Gasteiger partial charge in [0.05, 0.1) is 12.7 Å². The third kappa shape index (κ3) is 3.61. The minimum Gasteiger partial charge on any atom is -0.321 e. The van der Waals surface area contributed by atoms with E-state index in [2.05, 4.69) is 31.9 Å². The predicted molar refractivity (Wildman–Crippen MR) is 83.0 cm³/mol. The maximum atomic E-state index is 6.03. The largest absolute Gasteiger partial charge is 0.321 e. The molecule has 1 aliphatic heterocycles. The maximum absolute atomic E-state index is 6.03. The van der Waals surface area contributed by atoms with Crippen LogP contribution in [-0.4, -0.2) is 50.5 Å². The van der Waals surface area contributed by atoms with Crippen molar-refractivity contribution in [3.8, 4) is 0 Å². The van der Waals surface area contributed by atoms with Crippen LogP contribution in [0.4, 0.5) is 0 Å². The summed E-state index contributed by atoms with van der Waals surface area (Å²) in [6, 6.07) is 4.17. The third-order valence-electron chi connectivity index (χ3n) is 4.01. The number of piperazine rings is 1. The van der Waals surface area contributed by atoms with Gasteiger partial charge in [-0.15, -0.1) is 0 Å². The first-order chi connectivity index (χ1) is 10.2. The quantitative estimate of drug-likeness (QED) is 0.863. The Balaban J connectivity index is 1.50. The van der Waals surface area contributed by atoms with Crippen LogP contribution in [0.3, 0.4) is 0 Å². The zero-order valence-electron chi connectivity index (χ0n) is 12.2. The van der Waals surface area contributed by atoms with Crippen LogP contribution in [-0.2, 0) is 20.1 Å². The monoisotopic (exact) mass is 305 g/mol. The van der Waals surface area contributed by atoms with Gasteiger partial charge in [-0.25, -0.2) is 4.98 Å². The van der Waals surface area contributed by atoms with Crippen molar-refractivity contribution in [1.29, 1.82) is 0 Å². The number of aromatic nitrogens is 3. The Morgan fingerprint density at radius 3 is 2.24 bits per heavy atom. The van der Waals surface area contributed by atoms with Crippen LogP contribution in [0, 0.1) is 0 Å². The van der Waals surface area contributed by atoms with Gasteiger partial charge in [-0.3, -0.25) is 14.8 Å². The second-order valence-electron chi connectivity index (χ2n) is 5.46. The van der Waals surface area contributed by atoms with E-state index < -0.39 is 0 Å². The Hall–Kier alpha value is -1.43. The second kappa shape index (κ2) is 6.56. The molecule has 0 bridgehead atoms. The molecule has 3 rings (SSSR count). The smallest absolute Gasteiger partial charge is 0.128 e. The summed E-state index contributed by atoms with van der Waals surface area (Å²) in [6.07, 6.45) is 5.43. The molecule has 21 heavy (non-hydrogen) atoms. The van der Waals surface area contributed by atoms with Crippen molar-refractivity contribution in [2.75, 3.05) is 26.2 Å². The molecule has 1 aliphatic rings. The SMILES string of the molecule is Cn1c(Cl)cnc1CN1CCN(Cc2ccncc2)CC1. The van der Waals surface area contributed by atoms with E-state index in [1.807, 2.05) is 24.0 Å². The highest BCUT2D eigenvalue weighted by atomic mass is 35.5. The average Bonchev–Trinajstić information content (AvgIpc) is 2.82. The molecule has 2 aromatic heterocycles. The first-order valence-electron chi connectivity index (χ1n) is 7.22. The number of nitrogens with zero attached hydrogens (tertiary/aromatic N) is 5. The van der Waals surface area contributed by atoms with E-state index in [0.29, 0.717) is 5.15 Å². The molecule has 0 aromatic carbocycles. The van der Waals surface area contributed by atoms with Gasteiger partial charge in [0.15, 0.2) is 0 Å². The Bertz CT molecular complexity index is 575. The lowest BCUT2D eigenvalue weighted by Crippen LogP contribution is -2.45. The highest BCUT2D eigenvalue weighted by Gasteiger charge is 2.18. The Morgan fingerprint density at radius 2 is 1.67 bits per heavy atom. The lowest BCUT2D eigenvalue weighted by atomic mass is 10.2.